The normalized spacial score (nSPS) is 19.3. The van der Waals surface area contributed by atoms with E-state index in [1.807, 2.05) is 0 Å². The number of aliphatic hydroxyl groups is 1. The molecular weight excluding hydrogens is 162 g/mol. The monoisotopic (exact) mass is 177 g/mol. The second kappa shape index (κ2) is 4.62. The average Bonchev–Trinajstić information content (AvgIpc) is 2.36. The second-order valence-electron chi connectivity index (χ2n) is 2.71. The lowest BCUT2D eigenvalue weighted by Gasteiger charge is -2.16. The van der Waals surface area contributed by atoms with E-state index in [4.69, 9.17) is 5.11 Å². The minimum Gasteiger partial charge on any atom is -0.384 e. The van der Waals surface area contributed by atoms with Crippen LogP contribution in [0.4, 0.5) is 0 Å². The summed E-state index contributed by atoms with van der Waals surface area (Å²) in [5.41, 5.74) is 0. The van der Waals surface area contributed by atoms with E-state index in [0.717, 1.165) is 25.9 Å². The van der Waals surface area contributed by atoms with E-state index in [9.17, 15) is 4.79 Å². The molecule has 11 heavy (non-hydrogen) atoms. The smallest absolute Gasteiger partial charge is 0.251 e. The van der Waals surface area contributed by atoms with Crippen LogP contribution in [0.2, 0.25) is 0 Å². The minimum absolute atomic E-state index is 0. The number of hydrogen-bond acceptors (Lipinski definition) is 2. The zero-order chi connectivity index (χ0) is 7.56. The van der Waals surface area contributed by atoms with Crippen molar-refractivity contribution < 1.29 is 9.90 Å². The average molecular weight is 177 g/mol. The molecule has 0 aromatic heterocycles. The van der Waals surface area contributed by atoms with Gasteiger partial charge in [-0.25, -0.2) is 0 Å². The van der Waals surface area contributed by atoms with Gasteiger partial charge in [-0.3, -0.25) is 4.79 Å². The SMILES string of the molecule is CC(O)C(=O)N1CCCC1.S. The highest BCUT2D eigenvalue weighted by Crippen LogP contribution is 2.08. The van der Waals surface area contributed by atoms with Crippen LogP contribution in [0.15, 0.2) is 0 Å². The maximum absolute atomic E-state index is 11.0. The van der Waals surface area contributed by atoms with Crippen molar-refractivity contribution in [3.05, 3.63) is 0 Å². The summed E-state index contributed by atoms with van der Waals surface area (Å²) >= 11 is 0. The molecule has 0 radical (unpaired) electrons. The summed E-state index contributed by atoms with van der Waals surface area (Å²) in [5, 5.41) is 8.89. The van der Waals surface area contributed by atoms with Crippen molar-refractivity contribution in [2.24, 2.45) is 0 Å². The molecule has 0 saturated carbocycles. The van der Waals surface area contributed by atoms with E-state index >= 15 is 0 Å². The molecule has 0 aliphatic carbocycles. The lowest BCUT2D eigenvalue weighted by atomic mass is 10.3. The summed E-state index contributed by atoms with van der Waals surface area (Å²) in [7, 11) is 0. The van der Waals surface area contributed by atoms with Crippen LogP contribution in [0.3, 0.4) is 0 Å². The Morgan fingerprint density at radius 3 is 2.27 bits per heavy atom. The highest BCUT2D eigenvalue weighted by Gasteiger charge is 2.20. The molecule has 1 aliphatic rings. The van der Waals surface area contributed by atoms with Gasteiger partial charge in [0.15, 0.2) is 0 Å². The fraction of sp³-hybridized carbons (Fsp3) is 0.857. The molecule has 0 aromatic rings. The summed E-state index contributed by atoms with van der Waals surface area (Å²) in [6.07, 6.45) is 1.34. The highest BCUT2D eigenvalue weighted by atomic mass is 32.1. The summed E-state index contributed by atoms with van der Waals surface area (Å²) in [4.78, 5) is 12.7. The molecule has 3 nitrogen and oxygen atoms in total. The van der Waals surface area contributed by atoms with Gasteiger partial charge in [0.2, 0.25) is 0 Å². The van der Waals surface area contributed by atoms with E-state index < -0.39 is 6.10 Å². The Bertz CT molecular complexity index is 132. The van der Waals surface area contributed by atoms with Crippen LogP contribution in [0.25, 0.3) is 0 Å². The lowest BCUT2D eigenvalue weighted by molar-refractivity contribution is -0.138. The maximum Gasteiger partial charge on any atom is 0.251 e. The number of aliphatic hydroxyl groups excluding tert-OH is 1. The second-order valence-corrected chi connectivity index (χ2v) is 2.71. The van der Waals surface area contributed by atoms with Crippen LogP contribution in [0, 0.1) is 0 Å². The summed E-state index contributed by atoms with van der Waals surface area (Å²) in [6, 6.07) is 0. The number of hydrogen-bond donors (Lipinski definition) is 1. The highest BCUT2D eigenvalue weighted by molar-refractivity contribution is 7.59. The Morgan fingerprint density at radius 1 is 1.45 bits per heavy atom. The first-order chi connectivity index (χ1) is 4.72. The van der Waals surface area contributed by atoms with Gasteiger partial charge in [-0.1, -0.05) is 0 Å². The third-order valence-corrected chi connectivity index (χ3v) is 1.78. The van der Waals surface area contributed by atoms with Crippen molar-refractivity contribution in [2.75, 3.05) is 13.1 Å². The van der Waals surface area contributed by atoms with Gasteiger partial charge in [-0.05, 0) is 19.8 Å². The number of carbonyl (C=O) groups is 1. The molecule has 1 N–H and O–H groups in total. The summed E-state index contributed by atoms with van der Waals surface area (Å²) in [5.74, 6) is -0.127. The van der Waals surface area contributed by atoms with Crippen molar-refractivity contribution >= 4 is 19.4 Å². The van der Waals surface area contributed by atoms with E-state index in [1.165, 1.54) is 6.92 Å². The number of amides is 1. The molecule has 1 heterocycles. The van der Waals surface area contributed by atoms with Crippen molar-refractivity contribution in [2.45, 2.75) is 25.9 Å². The van der Waals surface area contributed by atoms with Crippen LogP contribution in [0.1, 0.15) is 19.8 Å². The van der Waals surface area contributed by atoms with Crippen LogP contribution < -0.4 is 0 Å². The maximum atomic E-state index is 11.0. The zero-order valence-electron chi connectivity index (χ0n) is 6.71. The molecule has 1 aliphatic heterocycles. The van der Waals surface area contributed by atoms with Gasteiger partial charge in [0.25, 0.3) is 5.91 Å². The van der Waals surface area contributed by atoms with Crippen LogP contribution in [0.5, 0.6) is 0 Å². The molecule has 66 valence electrons. The number of nitrogens with zero attached hydrogens (tertiary/aromatic N) is 1. The van der Waals surface area contributed by atoms with E-state index in [0.29, 0.717) is 0 Å². The fourth-order valence-corrected chi connectivity index (χ4v) is 1.20. The van der Waals surface area contributed by atoms with Crippen LogP contribution in [-0.2, 0) is 4.79 Å². The molecule has 0 bridgehead atoms. The number of likely N-dealkylation sites (tertiary alicyclic amines) is 1. The Morgan fingerprint density at radius 2 is 1.91 bits per heavy atom. The Kier molecular flexibility index (Phi) is 4.52. The van der Waals surface area contributed by atoms with E-state index in [-0.39, 0.29) is 19.4 Å². The minimum atomic E-state index is -0.821. The summed E-state index contributed by atoms with van der Waals surface area (Å²) in [6.45, 7) is 3.16. The predicted molar refractivity (Wildman–Crippen MR) is 47.9 cm³/mol. The van der Waals surface area contributed by atoms with E-state index in [1.54, 1.807) is 4.90 Å². The molecular formula is C7H15NO2S. The van der Waals surface area contributed by atoms with Gasteiger partial charge in [0.05, 0.1) is 0 Å². The van der Waals surface area contributed by atoms with Gasteiger partial charge in [-0.15, -0.1) is 0 Å². The Hall–Kier alpha value is -0.220. The molecule has 1 unspecified atom stereocenters. The van der Waals surface area contributed by atoms with Crippen molar-refractivity contribution in [1.29, 1.82) is 0 Å². The number of rotatable bonds is 1. The lowest BCUT2D eigenvalue weighted by Crippen LogP contribution is -2.35. The first kappa shape index (κ1) is 10.8. The predicted octanol–water partition coefficient (Wildman–Crippen LogP) is 0.102. The van der Waals surface area contributed by atoms with Gasteiger partial charge in [-0.2, -0.15) is 13.5 Å². The van der Waals surface area contributed by atoms with Crippen molar-refractivity contribution in [1.82, 2.24) is 4.90 Å². The topological polar surface area (TPSA) is 40.5 Å². The van der Waals surface area contributed by atoms with Gasteiger partial charge in [0, 0.05) is 13.1 Å². The van der Waals surface area contributed by atoms with Gasteiger partial charge in [0.1, 0.15) is 6.10 Å². The third-order valence-electron chi connectivity index (χ3n) is 1.78. The van der Waals surface area contributed by atoms with Gasteiger partial charge >= 0.3 is 0 Å². The zero-order valence-corrected chi connectivity index (χ0v) is 7.71. The van der Waals surface area contributed by atoms with E-state index in [2.05, 4.69) is 0 Å². The molecule has 1 rings (SSSR count). The summed E-state index contributed by atoms with van der Waals surface area (Å²) < 4.78 is 0. The molecule has 4 heteroatoms. The largest absolute Gasteiger partial charge is 0.384 e. The first-order valence-electron chi connectivity index (χ1n) is 3.68. The molecule has 1 saturated heterocycles. The molecule has 1 atom stereocenters. The fourth-order valence-electron chi connectivity index (χ4n) is 1.20. The molecule has 0 spiro atoms. The quantitative estimate of drug-likeness (QED) is 0.617. The van der Waals surface area contributed by atoms with Crippen LogP contribution >= 0.6 is 13.5 Å². The Balaban J connectivity index is 0.000001000. The molecule has 1 amide bonds. The van der Waals surface area contributed by atoms with Crippen molar-refractivity contribution in [3.63, 3.8) is 0 Å². The van der Waals surface area contributed by atoms with Crippen LogP contribution in [-0.4, -0.2) is 35.1 Å². The third kappa shape index (κ3) is 2.71. The first-order valence-corrected chi connectivity index (χ1v) is 3.68. The van der Waals surface area contributed by atoms with Crippen molar-refractivity contribution in [3.8, 4) is 0 Å². The Labute approximate surface area is 73.8 Å². The molecule has 1 fully saturated rings. The van der Waals surface area contributed by atoms with Gasteiger partial charge < -0.3 is 10.0 Å². The standard InChI is InChI=1S/C7H13NO2.H2S/c1-6(9)7(10)8-4-2-3-5-8;/h6,9H,2-5H2,1H3;1H2. The number of carbonyl (C=O) groups excluding carboxylic acids is 1. The molecule has 0 aromatic carbocycles.